The molecule has 0 unspecified atom stereocenters. The molecule has 2 aromatic carbocycles. The maximum absolute atomic E-state index is 14.8. The van der Waals surface area contributed by atoms with Gasteiger partial charge in [0, 0.05) is 17.9 Å². The number of carbonyl (C=O) groups excluding carboxylic acids is 3. The fraction of sp³-hybridized carbons (Fsp3) is 0.286. The number of anilines is 3. The number of rotatable bonds is 9. The Balaban J connectivity index is 2.22. The van der Waals surface area contributed by atoms with Crippen LogP contribution in [0.2, 0.25) is 5.02 Å². The Kier molecular flexibility index (Phi) is 9.78. The fourth-order valence-electron chi connectivity index (χ4n) is 2.61. The third kappa shape index (κ3) is 8.33. The topological polar surface area (TPSA) is 87.3 Å². The number of alkyl halides is 2. The van der Waals surface area contributed by atoms with Crippen LogP contribution < -0.4 is 16.0 Å². The van der Waals surface area contributed by atoms with Gasteiger partial charge in [0.2, 0.25) is 11.8 Å². The third-order valence-corrected chi connectivity index (χ3v) is 5.31. The summed E-state index contributed by atoms with van der Waals surface area (Å²) < 4.78 is 27.6. The van der Waals surface area contributed by atoms with Crippen LogP contribution in [0.3, 0.4) is 0 Å². The third-order valence-electron chi connectivity index (χ3n) is 4.10. The van der Waals surface area contributed by atoms with Crippen LogP contribution in [0, 0.1) is 11.6 Å². The lowest BCUT2D eigenvalue weighted by molar-refractivity contribution is -0.116. The predicted molar refractivity (Wildman–Crippen MR) is 131 cm³/mol. The molecule has 3 amide bonds. The first-order valence-corrected chi connectivity index (χ1v) is 12.0. The first kappa shape index (κ1) is 27.2. The van der Waals surface area contributed by atoms with Crippen molar-refractivity contribution >= 4 is 81.3 Å². The number of benzene rings is 2. The summed E-state index contributed by atoms with van der Waals surface area (Å²) in [6.07, 6.45) is 1.66. The highest BCUT2D eigenvalue weighted by atomic mass is 35.5. The van der Waals surface area contributed by atoms with E-state index in [9.17, 15) is 23.2 Å². The Morgan fingerprint density at radius 1 is 1.03 bits per heavy atom. The number of hydrogen-bond acceptors (Lipinski definition) is 4. The molecule has 2 rings (SSSR count). The van der Waals surface area contributed by atoms with E-state index < -0.39 is 39.4 Å². The van der Waals surface area contributed by atoms with Gasteiger partial charge in [-0.25, -0.2) is 8.78 Å². The van der Waals surface area contributed by atoms with E-state index in [-0.39, 0.29) is 34.8 Å². The van der Waals surface area contributed by atoms with Gasteiger partial charge in [-0.05, 0) is 43.5 Å². The molecule has 0 heterocycles. The molecule has 0 aromatic heterocycles. The first-order chi connectivity index (χ1) is 15.4. The largest absolute Gasteiger partial charge is 0.326 e. The number of thioether (sulfide) groups is 1. The molecular weight excluding hydrogens is 519 g/mol. The summed E-state index contributed by atoms with van der Waals surface area (Å²) in [7, 11) is 0. The van der Waals surface area contributed by atoms with Gasteiger partial charge in [-0.3, -0.25) is 14.4 Å². The number of halogens is 5. The molecule has 0 atom stereocenters. The molecule has 0 saturated carbocycles. The van der Waals surface area contributed by atoms with Crippen molar-refractivity contribution in [2.45, 2.75) is 24.1 Å². The van der Waals surface area contributed by atoms with Crippen LogP contribution in [0.4, 0.5) is 25.8 Å². The highest BCUT2D eigenvalue weighted by Crippen LogP contribution is 2.29. The number of carbonyl (C=O) groups is 3. The van der Waals surface area contributed by atoms with Crippen molar-refractivity contribution < 1.29 is 23.2 Å². The minimum Gasteiger partial charge on any atom is -0.326 e. The molecule has 0 saturated heterocycles. The molecule has 0 aliphatic rings. The van der Waals surface area contributed by atoms with Crippen LogP contribution in [0.1, 0.15) is 30.1 Å². The minimum absolute atomic E-state index is 0.0261. The van der Waals surface area contributed by atoms with Crippen LogP contribution in [-0.2, 0) is 9.59 Å². The van der Waals surface area contributed by atoms with Crippen molar-refractivity contribution in [3.63, 3.8) is 0 Å². The molecule has 0 fully saturated rings. The summed E-state index contributed by atoms with van der Waals surface area (Å²) in [6, 6.07) is 6.03. The van der Waals surface area contributed by atoms with Crippen LogP contribution in [0.25, 0.3) is 0 Å². The zero-order chi connectivity index (χ0) is 24.8. The van der Waals surface area contributed by atoms with Gasteiger partial charge in [0.25, 0.3) is 5.91 Å². The second-order valence-corrected chi connectivity index (χ2v) is 10.3. The second kappa shape index (κ2) is 11.9. The number of hydrogen-bond donors (Lipinski definition) is 3. The van der Waals surface area contributed by atoms with Crippen molar-refractivity contribution in [1.82, 2.24) is 0 Å². The van der Waals surface area contributed by atoms with E-state index in [0.29, 0.717) is 5.75 Å². The van der Waals surface area contributed by atoms with Gasteiger partial charge in [-0.2, -0.15) is 11.8 Å². The minimum atomic E-state index is -1.28. The standard InChI is InChI=1S/C21H20Cl3F2N3O3S/c1-21(23,24)10-17(31)27-11-3-4-13(22)12(9-11)20(32)28-15-6-5-14(25)19(18(15)26)29-16(30)7-8-33-2/h3-6,9H,7-8,10H2,1-2H3,(H,27,31)(H,28,32)(H,29,30). The smallest absolute Gasteiger partial charge is 0.257 e. The van der Waals surface area contributed by atoms with Gasteiger partial charge < -0.3 is 16.0 Å². The molecule has 0 aliphatic heterocycles. The van der Waals surface area contributed by atoms with Gasteiger partial charge >= 0.3 is 0 Å². The van der Waals surface area contributed by atoms with E-state index in [1.54, 1.807) is 6.26 Å². The van der Waals surface area contributed by atoms with Gasteiger partial charge in [0.15, 0.2) is 5.82 Å². The number of amides is 3. The average Bonchev–Trinajstić information content (AvgIpc) is 2.71. The zero-order valence-electron chi connectivity index (χ0n) is 17.5. The summed E-state index contributed by atoms with van der Waals surface area (Å²) in [4.78, 5) is 36.6. The van der Waals surface area contributed by atoms with Gasteiger partial charge in [-0.1, -0.05) is 11.6 Å². The second-order valence-electron chi connectivity index (χ2n) is 7.02. The van der Waals surface area contributed by atoms with E-state index in [1.807, 2.05) is 0 Å². The van der Waals surface area contributed by atoms with Crippen LogP contribution >= 0.6 is 46.6 Å². The lowest BCUT2D eigenvalue weighted by Gasteiger charge is -2.14. The Morgan fingerprint density at radius 3 is 2.36 bits per heavy atom. The lowest BCUT2D eigenvalue weighted by atomic mass is 10.1. The molecule has 0 radical (unpaired) electrons. The van der Waals surface area contributed by atoms with Crippen LogP contribution in [0.5, 0.6) is 0 Å². The molecule has 12 heteroatoms. The van der Waals surface area contributed by atoms with Crippen molar-refractivity contribution in [2.75, 3.05) is 28.0 Å². The summed E-state index contributed by atoms with van der Waals surface area (Å²) in [5.74, 6) is -3.54. The monoisotopic (exact) mass is 537 g/mol. The summed E-state index contributed by atoms with van der Waals surface area (Å²) in [5, 5.41) is 7.03. The van der Waals surface area contributed by atoms with Gasteiger partial charge in [0.1, 0.15) is 15.8 Å². The normalized spacial score (nSPS) is 11.1. The Labute approximate surface area is 208 Å². The molecule has 0 bridgehead atoms. The molecule has 2 aromatic rings. The lowest BCUT2D eigenvalue weighted by Crippen LogP contribution is -2.21. The summed E-state index contributed by atoms with van der Waals surface area (Å²) in [6.45, 7) is 1.45. The van der Waals surface area contributed by atoms with Crippen molar-refractivity contribution in [3.8, 4) is 0 Å². The Morgan fingerprint density at radius 2 is 1.73 bits per heavy atom. The predicted octanol–water partition coefficient (Wildman–Crippen LogP) is 6.08. The van der Waals surface area contributed by atoms with Crippen LogP contribution in [0.15, 0.2) is 30.3 Å². The van der Waals surface area contributed by atoms with Gasteiger partial charge in [-0.15, -0.1) is 23.2 Å². The highest BCUT2D eigenvalue weighted by Gasteiger charge is 2.22. The SMILES string of the molecule is CSCCC(=O)Nc1c(F)ccc(NC(=O)c2cc(NC(=O)CC(C)(Cl)Cl)ccc2Cl)c1F. The Hall–Kier alpha value is -2.07. The van der Waals surface area contributed by atoms with E-state index in [2.05, 4.69) is 16.0 Å². The Bertz CT molecular complexity index is 1070. The van der Waals surface area contributed by atoms with E-state index in [4.69, 9.17) is 34.8 Å². The van der Waals surface area contributed by atoms with Crippen molar-refractivity contribution in [3.05, 3.63) is 52.6 Å². The van der Waals surface area contributed by atoms with Crippen molar-refractivity contribution in [2.24, 2.45) is 0 Å². The van der Waals surface area contributed by atoms with Crippen molar-refractivity contribution in [1.29, 1.82) is 0 Å². The maximum atomic E-state index is 14.8. The first-order valence-electron chi connectivity index (χ1n) is 9.46. The van der Waals surface area contributed by atoms with Crippen LogP contribution in [-0.4, -0.2) is 34.1 Å². The zero-order valence-corrected chi connectivity index (χ0v) is 20.6. The summed E-state index contributed by atoms with van der Waals surface area (Å²) in [5.41, 5.74) is -0.889. The molecular formula is C21H20Cl3F2N3O3S. The molecule has 178 valence electrons. The molecule has 33 heavy (non-hydrogen) atoms. The van der Waals surface area contributed by atoms with E-state index in [0.717, 1.165) is 12.1 Å². The average molecular weight is 539 g/mol. The van der Waals surface area contributed by atoms with Gasteiger partial charge in [0.05, 0.1) is 22.7 Å². The molecule has 3 N–H and O–H groups in total. The number of nitrogens with one attached hydrogen (secondary N) is 3. The summed E-state index contributed by atoms with van der Waals surface area (Å²) >= 11 is 19.1. The highest BCUT2D eigenvalue weighted by molar-refractivity contribution is 7.98. The fourth-order valence-corrected chi connectivity index (χ4v) is 3.45. The maximum Gasteiger partial charge on any atom is 0.257 e. The van der Waals surface area contributed by atoms with E-state index >= 15 is 0 Å². The quantitative estimate of drug-likeness (QED) is 0.338. The molecule has 0 spiro atoms. The molecule has 6 nitrogen and oxygen atoms in total. The van der Waals surface area contributed by atoms with E-state index in [1.165, 1.54) is 36.9 Å². The molecule has 0 aliphatic carbocycles.